The number of nitrogens with zero attached hydrogens (tertiary/aromatic N) is 1. The molecular weight excluding hydrogens is 364 g/mol. The minimum absolute atomic E-state index is 0.0740. The standard InChI is InChI=1S/C24H26N2O3/c27-24(25-17-22(23-9-6-16-28-23)26-14-4-5-15-26)20-10-12-21(13-11-20)29-18-19-7-2-1-3-8-19/h1-3,6-13,16,22H,4-5,14-15,17-18H2,(H,25,27). The predicted molar refractivity (Wildman–Crippen MR) is 112 cm³/mol. The number of hydrogen-bond donors (Lipinski definition) is 1. The molecule has 3 aromatic rings. The number of ether oxygens (including phenoxy) is 1. The summed E-state index contributed by atoms with van der Waals surface area (Å²) in [5, 5.41) is 3.06. The van der Waals surface area contributed by atoms with E-state index in [4.69, 9.17) is 9.15 Å². The number of carbonyl (C=O) groups is 1. The third-order valence-electron chi connectivity index (χ3n) is 5.27. The minimum Gasteiger partial charge on any atom is -0.489 e. The third-order valence-corrected chi connectivity index (χ3v) is 5.27. The lowest BCUT2D eigenvalue weighted by Gasteiger charge is -2.26. The van der Waals surface area contributed by atoms with Crippen LogP contribution in [0.3, 0.4) is 0 Å². The molecule has 2 aromatic carbocycles. The Balaban J connectivity index is 1.33. The van der Waals surface area contributed by atoms with E-state index in [1.54, 1.807) is 18.4 Å². The second-order valence-electron chi connectivity index (χ2n) is 7.28. The minimum atomic E-state index is -0.0876. The number of rotatable bonds is 8. The molecule has 0 spiro atoms. The summed E-state index contributed by atoms with van der Waals surface area (Å²) >= 11 is 0. The second-order valence-corrected chi connectivity index (χ2v) is 7.28. The zero-order valence-electron chi connectivity index (χ0n) is 16.4. The Labute approximate surface area is 171 Å². The highest BCUT2D eigenvalue weighted by Gasteiger charge is 2.26. The Bertz CT molecular complexity index is 886. The van der Waals surface area contributed by atoms with E-state index >= 15 is 0 Å². The summed E-state index contributed by atoms with van der Waals surface area (Å²) in [5.41, 5.74) is 1.73. The topological polar surface area (TPSA) is 54.7 Å². The highest BCUT2D eigenvalue weighted by Crippen LogP contribution is 2.25. The number of likely N-dealkylation sites (tertiary alicyclic amines) is 1. The molecule has 1 saturated heterocycles. The molecule has 1 fully saturated rings. The van der Waals surface area contributed by atoms with Gasteiger partial charge >= 0.3 is 0 Å². The zero-order valence-corrected chi connectivity index (χ0v) is 16.4. The van der Waals surface area contributed by atoms with Crippen molar-refractivity contribution in [1.29, 1.82) is 0 Å². The average Bonchev–Trinajstić information content (AvgIpc) is 3.48. The summed E-state index contributed by atoms with van der Waals surface area (Å²) in [6, 6.07) is 21.2. The summed E-state index contributed by atoms with van der Waals surface area (Å²) in [7, 11) is 0. The van der Waals surface area contributed by atoms with E-state index in [1.807, 2.05) is 54.6 Å². The number of nitrogens with one attached hydrogen (secondary N) is 1. The number of carbonyl (C=O) groups excluding carboxylic acids is 1. The van der Waals surface area contributed by atoms with Gasteiger partial charge < -0.3 is 14.5 Å². The molecule has 0 bridgehead atoms. The molecule has 0 radical (unpaired) electrons. The van der Waals surface area contributed by atoms with E-state index in [0.29, 0.717) is 18.7 Å². The van der Waals surface area contributed by atoms with Gasteiger partial charge in [-0.25, -0.2) is 0 Å². The number of amides is 1. The van der Waals surface area contributed by atoms with Crippen molar-refractivity contribution in [3.63, 3.8) is 0 Å². The summed E-state index contributed by atoms with van der Waals surface area (Å²) < 4.78 is 11.4. The molecule has 0 aliphatic carbocycles. The van der Waals surface area contributed by atoms with Crippen LogP contribution in [0.1, 0.15) is 40.6 Å². The lowest BCUT2D eigenvalue weighted by molar-refractivity contribution is 0.0933. The molecule has 29 heavy (non-hydrogen) atoms. The van der Waals surface area contributed by atoms with E-state index in [1.165, 1.54) is 12.8 Å². The van der Waals surface area contributed by atoms with Crippen molar-refractivity contribution in [2.24, 2.45) is 0 Å². The van der Waals surface area contributed by atoms with Crippen LogP contribution in [-0.2, 0) is 6.61 Å². The van der Waals surface area contributed by atoms with Gasteiger partial charge in [0.15, 0.2) is 0 Å². The lowest BCUT2D eigenvalue weighted by atomic mass is 10.1. The molecule has 1 amide bonds. The molecule has 1 aliphatic rings. The maximum absolute atomic E-state index is 12.6. The van der Waals surface area contributed by atoms with E-state index < -0.39 is 0 Å². The zero-order chi connectivity index (χ0) is 19.9. The van der Waals surface area contributed by atoms with Crippen LogP contribution in [-0.4, -0.2) is 30.4 Å². The molecule has 150 valence electrons. The van der Waals surface area contributed by atoms with Crippen molar-refractivity contribution < 1.29 is 13.9 Å². The third kappa shape index (κ3) is 5.06. The first-order valence-corrected chi connectivity index (χ1v) is 10.1. The summed E-state index contributed by atoms with van der Waals surface area (Å²) in [4.78, 5) is 15.0. The quantitative estimate of drug-likeness (QED) is 0.618. The van der Waals surface area contributed by atoms with Crippen molar-refractivity contribution in [1.82, 2.24) is 10.2 Å². The van der Waals surface area contributed by atoms with Crippen molar-refractivity contribution in [2.45, 2.75) is 25.5 Å². The molecule has 5 heteroatoms. The Morgan fingerprint density at radius 3 is 2.45 bits per heavy atom. The van der Waals surface area contributed by atoms with Crippen LogP contribution in [0.2, 0.25) is 0 Å². The van der Waals surface area contributed by atoms with Crippen molar-refractivity contribution in [3.05, 3.63) is 89.9 Å². The molecule has 2 heterocycles. The SMILES string of the molecule is O=C(NCC(c1ccco1)N1CCCC1)c1ccc(OCc2ccccc2)cc1. The van der Waals surface area contributed by atoms with Gasteiger partial charge in [0.05, 0.1) is 12.3 Å². The highest BCUT2D eigenvalue weighted by atomic mass is 16.5. The number of furan rings is 1. The smallest absolute Gasteiger partial charge is 0.251 e. The maximum atomic E-state index is 12.6. The molecule has 1 N–H and O–H groups in total. The predicted octanol–water partition coefficient (Wildman–Crippen LogP) is 4.43. The highest BCUT2D eigenvalue weighted by molar-refractivity contribution is 5.94. The van der Waals surface area contributed by atoms with Gasteiger partial charge in [0.2, 0.25) is 0 Å². The maximum Gasteiger partial charge on any atom is 0.251 e. The van der Waals surface area contributed by atoms with Gasteiger partial charge in [-0.2, -0.15) is 0 Å². The Morgan fingerprint density at radius 2 is 1.76 bits per heavy atom. The largest absolute Gasteiger partial charge is 0.489 e. The van der Waals surface area contributed by atoms with Crippen molar-refractivity contribution in [2.75, 3.05) is 19.6 Å². The van der Waals surface area contributed by atoms with Gasteiger partial charge in [-0.3, -0.25) is 9.69 Å². The molecule has 1 unspecified atom stereocenters. The van der Waals surface area contributed by atoms with Crippen molar-refractivity contribution in [3.8, 4) is 5.75 Å². The first-order chi connectivity index (χ1) is 14.3. The molecule has 1 aromatic heterocycles. The van der Waals surface area contributed by atoms with Gasteiger partial charge in [-0.05, 0) is 67.9 Å². The molecule has 5 nitrogen and oxygen atoms in total. The normalized spacial score (nSPS) is 15.2. The van der Waals surface area contributed by atoms with E-state index in [0.717, 1.165) is 30.2 Å². The lowest BCUT2D eigenvalue weighted by Crippen LogP contribution is -2.36. The fraction of sp³-hybridized carbons (Fsp3) is 0.292. The van der Waals surface area contributed by atoms with Crippen LogP contribution < -0.4 is 10.1 Å². The summed E-state index contributed by atoms with van der Waals surface area (Å²) in [6.45, 7) is 3.11. The van der Waals surface area contributed by atoms with Gasteiger partial charge in [0.25, 0.3) is 5.91 Å². The number of benzene rings is 2. The van der Waals surface area contributed by atoms with Gasteiger partial charge in [0.1, 0.15) is 18.1 Å². The van der Waals surface area contributed by atoms with Crippen LogP contribution >= 0.6 is 0 Å². The first kappa shape index (κ1) is 19.3. The summed E-state index contributed by atoms with van der Waals surface area (Å²) in [6.07, 6.45) is 4.07. The van der Waals surface area contributed by atoms with Gasteiger partial charge in [0, 0.05) is 12.1 Å². The van der Waals surface area contributed by atoms with Crippen LogP contribution in [0.15, 0.2) is 77.4 Å². The molecule has 4 rings (SSSR count). The van der Waals surface area contributed by atoms with Gasteiger partial charge in [-0.15, -0.1) is 0 Å². The van der Waals surface area contributed by atoms with Crippen LogP contribution in [0.5, 0.6) is 5.75 Å². The Morgan fingerprint density at radius 1 is 1.00 bits per heavy atom. The second kappa shape index (κ2) is 9.43. The van der Waals surface area contributed by atoms with Gasteiger partial charge in [-0.1, -0.05) is 30.3 Å². The monoisotopic (exact) mass is 390 g/mol. The molecular formula is C24H26N2O3. The van der Waals surface area contributed by atoms with Crippen LogP contribution in [0, 0.1) is 0 Å². The fourth-order valence-electron chi connectivity index (χ4n) is 3.68. The average molecular weight is 390 g/mol. The van der Waals surface area contributed by atoms with E-state index in [9.17, 15) is 4.79 Å². The van der Waals surface area contributed by atoms with Crippen LogP contribution in [0.25, 0.3) is 0 Å². The number of hydrogen-bond acceptors (Lipinski definition) is 4. The molecule has 1 aliphatic heterocycles. The van der Waals surface area contributed by atoms with E-state index in [-0.39, 0.29) is 11.9 Å². The fourth-order valence-corrected chi connectivity index (χ4v) is 3.68. The van der Waals surface area contributed by atoms with Crippen LogP contribution in [0.4, 0.5) is 0 Å². The Kier molecular flexibility index (Phi) is 6.27. The first-order valence-electron chi connectivity index (χ1n) is 10.1. The molecule has 1 atom stereocenters. The summed E-state index contributed by atoms with van der Waals surface area (Å²) in [5.74, 6) is 1.56. The van der Waals surface area contributed by atoms with Crippen molar-refractivity contribution >= 4 is 5.91 Å². The molecule has 0 saturated carbocycles. The van der Waals surface area contributed by atoms with E-state index in [2.05, 4.69) is 10.2 Å². The Hall–Kier alpha value is -3.05.